The van der Waals surface area contributed by atoms with Crippen molar-refractivity contribution in [2.75, 3.05) is 18.9 Å². The number of amides is 1. The molecular formula is C11H21NO2S. The molecule has 0 radical (unpaired) electrons. The largest absolute Gasteiger partial charge is 0.396 e. The van der Waals surface area contributed by atoms with E-state index in [0.717, 1.165) is 44.4 Å². The minimum Gasteiger partial charge on any atom is -0.396 e. The Kier molecular flexibility index (Phi) is 6.85. The highest BCUT2D eigenvalue weighted by molar-refractivity contribution is 8.00. The molecule has 1 aliphatic rings. The molecule has 1 fully saturated rings. The maximum absolute atomic E-state index is 11.6. The molecule has 1 amide bonds. The number of unbranched alkanes of at least 4 members (excludes halogenated alkanes) is 3. The standard InChI is InChI=1S/C11H21NO2S/c13-8-4-2-1-3-7-12-11(14)10-6-5-9-15-10/h10,13H,1-9H2,(H,12,14). The third kappa shape index (κ3) is 5.42. The highest BCUT2D eigenvalue weighted by Gasteiger charge is 2.22. The Balaban J connectivity index is 1.92. The molecule has 0 spiro atoms. The Labute approximate surface area is 96.0 Å². The minimum absolute atomic E-state index is 0.211. The lowest BCUT2D eigenvalue weighted by molar-refractivity contribution is -0.120. The van der Waals surface area contributed by atoms with Crippen molar-refractivity contribution in [3.63, 3.8) is 0 Å². The van der Waals surface area contributed by atoms with Crippen molar-refractivity contribution in [3.8, 4) is 0 Å². The topological polar surface area (TPSA) is 49.3 Å². The fraction of sp³-hybridized carbons (Fsp3) is 0.909. The molecule has 1 rings (SSSR count). The fourth-order valence-electron chi connectivity index (χ4n) is 1.70. The van der Waals surface area contributed by atoms with E-state index in [1.165, 1.54) is 6.42 Å². The Bertz CT molecular complexity index is 181. The van der Waals surface area contributed by atoms with Gasteiger partial charge in [-0.25, -0.2) is 0 Å². The number of carbonyl (C=O) groups excluding carboxylic acids is 1. The Morgan fingerprint density at radius 3 is 2.80 bits per heavy atom. The number of carbonyl (C=O) groups is 1. The first-order valence-corrected chi connectivity index (χ1v) is 6.89. The van der Waals surface area contributed by atoms with Gasteiger partial charge in [-0.3, -0.25) is 4.79 Å². The van der Waals surface area contributed by atoms with E-state index in [1.807, 2.05) is 0 Å². The van der Waals surface area contributed by atoms with E-state index in [0.29, 0.717) is 0 Å². The lowest BCUT2D eigenvalue weighted by atomic mass is 10.2. The molecule has 1 atom stereocenters. The average molecular weight is 231 g/mol. The van der Waals surface area contributed by atoms with Gasteiger partial charge in [-0.2, -0.15) is 0 Å². The van der Waals surface area contributed by atoms with Crippen LogP contribution in [-0.4, -0.2) is 35.2 Å². The van der Waals surface area contributed by atoms with E-state index >= 15 is 0 Å². The van der Waals surface area contributed by atoms with Crippen LogP contribution in [0.5, 0.6) is 0 Å². The summed E-state index contributed by atoms with van der Waals surface area (Å²) in [7, 11) is 0. The molecule has 1 unspecified atom stereocenters. The zero-order chi connectivity index (χ0) is 10.9. The third-order valence-corrected chi connectivity index (χ3v) is 3.98. The van der Waals surface area contributed by atoms with Crippen LogP contribution < -0.4 is 5.32 Å². The molecule has 0 bridgehead atoms. The van der Waals surface area contributed by atoms with E-state index in [4.69, 9.17) is 5.11 Å². The first-order valence-electron chi connectivity index (χ1n) is 5.85. The third-order valence-electron chi connectivity index (χ3n) is 2.61. The van der Waals surface area contributed by atoms with Crippen molar-refractivity contribution < 1.29 is 9.90 Å². The van der Waals surface area contributed by atoms with Crippen molar-refractivity contribution in [3.05, 3.63) is 0 Å². The molecule has 0 aromatic rings. The lowest BCUT2D eigenvalue weighted by Gasteiger charge is -2.09. The molecule has 1 aliphatic heterocycles. The summed E-state index contributed by atoms with van der Waals surface area (Å²) in [5.74, 6) is 1.36. The summed E-state index contributed by atoms with van der Waals surface area (Å²) >= 11 is 1.78. The SMILES string of the molecule is O=C(NCCCCCCO)C1CCCS1. The van der Waals surface area contributed by atoms with Crippen LogP contribution in [0.4, 0.5) is 0 Å². The van der Waals surface area contributed by atoms with Crippen molar-refractivity contribution in [1.29, 1.82) is 0 Å². The smallest absolute Gasteiger partial charge is 0.233 e. The number of thioether (sulfide) groups is 1. The zero-order valence-electron chi connectivity index (χ0n) is 9.21. The zero-order valence-corrected chi connectivity index (χ0v) is 10.0. The molecular weight excluding hydrogens is 210 g/mol. The number of aliphatic hydroxyl groups excluding tert-OH is 1. The van der Waals surface area contributed by atoms with Crippen LogP contribution in [0.3, 0.4) is 0 Å². The Hall–Kier alpha value is -0.220. The predicted octanol–water partition coefficient (Wildman–Crippen LogP) is 1.55. The number of hydrogen-bond acceptors (Lipinski definition) is 3. The highest BCUT2D eigenvalue weighted by Crippen LogP contribution is 2.25. The maximum atomic E-state index is 11.6. The summed E-state index contributed by atoms with van der Waals surface area (Å²) in [6, 6.07) is 0. The summed E-state index contributed by atoms with van der Waals surface area (Å²) in [5.41, 5.74) is 0. The Morgan fingerprint density at radius 2 is 2.13 bits per heavy atom. The number of nitrogens with one attached hydrogen (secondary N) is 1. The van der Waals surface area contributed by atoms with Crippen LogP contribution in [0.15, 0.2) is 0 Å². The van der Waals surface area contributed by atoms with Crippen LogP contribution in [0.1, 0.15) is 38.5 Å². The van der Waals surface area contributed by atoms with Crippen LogP contribution >= 0.6 is 11.8 Å². The van der Waals surface area contributed by atoms with Gasteiger partial charge in [-0.1, -0.05) is 12.8 Å². The molecule has 15 heavy (non-hydrogen) atoms. The predicted molar refractivity (Wildman–Crippen MR) is 64.0 cm³/mol. The second kappa shape index (κ2) is 7.99. The summed E-state index contributed by atoms with van der Waals surface area (Å²) in [6.07, 6.45) is 6.29. The van der Waals surface area contributed by atoms with Crippen LogP contribution in [-0.2, 0) is 4.79 Å². The number of rotatable bonds is 7. The summed E-state index contributed by atoms with van der Waals surface area (Å²) in [6.45, 7) is 1.08. The second-order valence-electron chi connectivity index (χ2n) is 3.93. The van der Waals surface area contributed by atoms with Gasteiger partial charge in [0.2, 0.25) is 5.91 Å². The quantitative estimate of drug-likeness (QED) is 0.654. The summed E-state index contributed by atoms with van der Waals surface area (Å²) in [5, 5.41) is 11.8. The average Bonchev–Trinajstić information content (AvgIpc) is 2.76. The molecule has 0 aliphatic carbocycles. The highest BCUT2D eigenvalue weighted by atomic mass is 32.2. The van der Waals surface area contributed by atoms with Crippen LogP contribution in [0.2, 0.25) is 0 Å². The van der Waals surface area contributed by atoms with Gasteiger partial charge in [0.25, 0.3) is 0 Å². The summed E-state index contributed by atoms with van der Waals surface area (Å²) < 4.78 is 0. The molecule has 2 N–H and O–H groups in total. The van der Waals surface area contributed by atoms with Gasteiger partial charge in [0.15, 0.2) is 0 Å². The monoisotopic (exact) mass is 231 g/mol. The number of aliphatic hydroxyl groups is 1. The van der Waals surface area contributed by atoms with Crippen molar-refractivity contribution in [1.82, 2.24) is 5.32 Å². The van der Waals surface area contributed by atoms with Gasteiger partial charge in [0.05, 0.1) is 5.25 Å². The molecule has 1 saturated heterocycles. The van der Waals surface area contributed by atoms with E-state index in [9.17, 15) is 4.79 Å². The van der Waals surface area contributed by atoms with E-state index in [1.54, 1.807) is 11.8 Å². The number of hydrogen-bond donors (Lipinski definition) is 2. The van der Waals surface area contributed by atoms with E-state index in [-0.39, 0.29) is 17.8 Å². The molecule has 3 nitrogen and oxygen atoms in total. The summed E-state index contributed by atoms with van der Waals surface area (Å²) in [4.78, 5) is 11.6. The molecule has 4 heteroatoms. The maximum Gasteiger partial charge on any atom is 0.233 e. The van der Waals surface area contributed by atoms with Gasteiger partial charge < -0.3 is 10.4 Å². The van der Waals surface area contributed by atoms with Gasteiger partial charge in [-0.05, 0) is 31.4 Å². The van der Waals surface area contributed by atoms with Gasteiger partial charge in [0, 0.05) is 13.2 Å². The van der Waals surface area contributed by atoms with Crippen LogP contribution in [0, 0.1) is 0 Å². The Morgan fingerprint density at radius 1 is 1.33 bits per heavy atom. The normalized spacial score (nSPS) is 20.5. The molecule has 0 aromatic carbocycles. The first kappa shape index (κ1) is 12.8. The fourth-order valence-corrected chi connectivity index (χ4v) is 2.89. The van der Waals surface area contributed by atoms with E-state index < -0.39 is 0 Å². The van der Waals surface area contributed by atoms with Gasteiger partial charge >= 0.3 is 0 Å². The molecule has 88 valence electrons. The van der Waals surface area contributed by atoms with E-state index in [2.05, 4.69) is 5.32 Å². The van der Waals surface area contributed by atoms with Crippen molar-refractivity contribution in [2.24, 2.45) is 0 Å². The van der Waals surface area contributed by atoms with Crippen LogP contribution in [0.25, 0.3) is 0 Å². The van der Waals surface area contributed by atoms with Crippen molar-refractivity contribution in [2.45, 2.75) is 43.8 Å². The molecule has 0 aromatic heterocycles. The lowest BCUT2D eigenvalue weighted by Crippen LogP contribution is -2.31. The van der Waals surface area contributed by atoms with Gasteiger partial charge in [-0.15, -0.1) is 11.8 Å². The van der Waals surface area contributed by atoms with Crippen molar-refractivity contribution >= 4 is 17.7 Å². The first-order chi connectivity index (χ1) is 7.34. The molecule has 0 saturated carbocycles. The minimum atomic E-state index is 0.211. The van der Waals surface area contributed by atoms with Gasteiger partial charge in [0.1, 0.15) is 0 Å². The molecule has 1 heterocycles. The second-order valence-corrected chi connectivity index (χ2v) is 5.24.